The number of fused-ring (bicyclic) bond motifs is 2. The lowest BCUT2D eigenvalue weighted by molar-refractivity contribution is -0.00471. The Bertz CT molecular complexity index is 769. The zero-order valence-corrected chi connectivity index (χ0v) is 22.2. The first-order valence-corrected chi connectivity index (χ1v) is 15.1. The molecule has 2 atom stereocenters. The predicted octanol–water partition coefficient (Wildman–Crippen LogP) is 7.40. The smallest absolute Gasteiger partial charge is 0.141 e. The minimum absolute atomic E-state index is 0.00561. The van der Waals surface area contributed by atoms with Crippen molar-refractivity contribution in [3.05, 3.63) is 27.5 Å². The summed E-state index contributed by atoms with van der Waals surface area (Å²) in [6, 6.07) is 3.86. The van der Waals surface area contributed by atoms with Gasteiger partial charge in [0.25, 0.3) is 0 Å². The molecule has 1 spiro atoms. The molecule has 0 amide bonds. The second-order valence-electron chi connectivity index (χ2n) is 11.5. The average Bonchev–Trinajstić information content (AvgIpc) is 3.13. The molecule has 2 heterocycles. The van der Waals surface area contributed by atoms with Crippen LogP contribution in [0.25, 0.3) is 5.57 Å². The molecule has 0 radical (unpaired) electrons. The standard InChI is InChI=1S/C25H43NOSSi/c1-19-20(2)25(21-14-16-28-22(19)21)18-26(23(3,4)5)29(25,9)17-13-11-10-12-15-27-24(6,7)8/h14,16H,10-13,15,17-18H2,1-9H3. The number of ether oxygens (including phenoxy) is 1. The van der Waals surface area contributed by atoms with Crippen LogP contribution in [0.3, 0.4) is 0 Å². The number of hydrogen-bond acceptors (Lipinski definition) is 3. The van der Waals surface area contributed by atoms with E-state index in [1.54, 1.807) is 21.6 Å². The van der Waals surface area contributed by atoms with Gasteiger partial charge in [0.1, 0.15) is 8.24 Å². The highest BCUT2D eigenvalue weighted by Gasteiger charge is 2.68. The zero-order chi connectivity index (χ0) is 21.7. The van der Waals surface area contributed by atoms with E-state index in [1.807, 2.05) is 11.3 Å². The van der Waals surface area contributed by atoms with Gasteiger partial charge in [-0.15, -0.1) is 11.3 Å². The maximum atomic E-state index is 5.90. The maximum absolute atomic E-state index is 5.90. The third-order valence-electron chi connectivity index (χ3n) is 7.48. The van der Waals surface area contributed by atoms with Crippen LogP contribution in [-0.4, -0.2) is 37.1 Å². The lowest BCUT2D eigenvalue weighted by Crippen LogP contribution is -2.82. The van der Waals surface area contributed by atoms with E-state index in [0.717, 1.165) is 6.61 Å². The van der Waals surface area contributed by atoms with Crippen LogP contribution in [0.4, 0.5) is 0 Å². The number of rotatable bonds is 7. The van der Waals surface area contributed by atoms with Crippen LogP contribution in [0, 0.1) is 0 Å². The van der Waals surface area contributed by atoms with Crippen molar-refractivity contribution in [2.75, 3.05) is 13.2 Å². The van der Waals surface area contributed by atoms with Crippen LogP contribution >= 0.6 is 11.3 Å². The Hall–Kier alpha value is -0.423. The van der Waals surface area contributed by atoms with Crippen molar-refractivity contribution in [1.29, 1.82) is 0 Å². The normalized spacial score (nSPS) is 27.6. The van der Waals surface area contributed by atoms with E-state index < -0.39 is 8.24 Å². The second kappa shape index (κ2) is 7.92. The number of nitrogens with zero attached hydrogens (tertiary/aromatic N) is 1. The van der Waals surface area contributed by atoms with E-state index in [-0.39, 0.29) is 11.1 Å². The molecule has 2 unspecified atom stereocenters. The summed E-state index contributed by atoms with van der Waals surface area (Å²) in [5, 5.41) is 2.68. The number of unbranched alkanes of at least 4 members (excludes halogenated alkanes) is 3. The molecule has 1 aliphatic carbocycles. The van der Waals surface area contributed by atoms with Gasteiger partial charge in [-0.1, -0.05) is 31.4 Å². The van der Waals surface area contributed by atoms with E-state index in [4.69, 9.17) is 4.74 Å². The molecule has 0 bridgehead atoms. The van der Waals surface area contributed by atoms with Gasteiger partial charge >= 0.3 is 0 Å². The minimum atomic E-state index is -1.65. The van der Waals surface area contributed by atoms with Crippen molar-refractivity contribution < 1.29 is 4.74 Å². The Kier molecular flexibility index (Phi) is 6.35. The van der Waals surface area contributed by atoms with Crippen LogP contribution in [0.2, 0.25) is 12.6 Å². The summed E-state index contributed by atoms with van der Waals surface area (Å²) in [5.74, 6) is 0. The Morgan fingerprint density at radius 2 is 1.72 bits per heavy atom. The molecule has 2 nitrogen and oxygen atoms in total. The lowest BCUT2D eigenvalue weighted by atomic mass is 9.93. The van der Waals surface area contributed by atoms with Gasteiger partial charge in [-0.3, -0.25) is 0 Å². The van der Waals surface area contributed by atoms with Gasteiger partial charge in [0, 0.05) is 28.6 Å². The molecule has 4 heteroatoms. The second-order valence-corrected chi connectivity index (χ2v) is 16.8. The first-order valence-electron chi connectivity index (χ1n) is 11.5. The Balaban J connectivity index is 1.70. The fraction of sp³-hybridized carbons (Fsp3) is 0.760. The molecule has 1 aromatic heterocycles. The lowest BCUT2D eigenvalue weighted by Gasteiger charge is -2.68. The van der Waals surface area contributed by atoms with Crippen molar-refractivity contribution in [2.45, 2.75) is 110 Å². The number of allylic oxidation sites excluding steroid dienone is 1. The van der Waals surface area contributed by atoms with Crippen LogP contribution in [0.5, 0.6) is 0 Å². The third kappa shape index (κ3) is 3.95. The molecule has 1 aromatic rings. The first kappa shape index (κ1) is 23.2. The van der Waals surface area contributed by atoms with Gasteiger partial charge in [-0.2, -0.15) is 0 Å². The van der Waals surface area contributed by atoms with Gasteiger partial charge in [0.2, 0.25) is 0 Å². The fourth-order valence-corrected chi connectivity index (χ4v) is 13.2. The summed E-state index contributed by atoms with van der Waals surface area (Å²) in [6.45, 7) is 23.3. The summed E-state index contributed by atoms with van der Waals surface area (Å²) >= 11 is 1.96. The highest BCUT2D eigenvalue weighted by atomic mass is 32.1. The summed E-state index contributed by atoms with van der Waals surface area (Å²) in [4.78, 5) is 1.58. The van der Waals surface area contributed by atoms with E-state index in [9.17, 15) is 0 Å². The molecule has 1 aliphatic heterocycles. The summed E-state index contributed by atoms with van der Waals surface area (Å²) < 4.78 is 8.82. The molecule has 1 fully saturated rings. The zero-order valence-electron chi connectivity index (χ0n) is 20.4. The molecular weight excluding hydrogens is 390 g/mol. The van der Waals surface area contributed by atoms with Crippen LogP contribution in [0.1, 0.15) is 91.5 Å². The molecule has 29 heavy (non-hydrogen) atoms. The van der Waals surface area contributed by atoms with Crippen molar-refractivity contribution >= 4 is 25.1 Å². The highest BCUT2D eigenvalue weighted by molar-refractivity contribution is 7.11. The molecule has 0 saturated carbocycles. The predicted molar refractivity (Wildman–Crippen MR) is 131 cm³/mol. The van der Waals surface area contributed by atoms with Gasteiger partial charge in [-0.25, -0.2) is 0 Å². The number of hydrogen-bond donors (Lipinski definition) is 0. The quantitative estimate of drug-likeness (QED) is 0.328. The maximum Gasteiger partial charge on any atom is 0.141 e. The molecular formula is C25H43NOSSi. The van der Waals surface area contributed by atoms with E-state index in [2.05, 4.69) is 77.9 Å². The van der Waals surface area contributed by atoms with Crippen molar-refractivity contribution in [3.8, 4) is 0 Å². The first-order chi connectivity index (χ1) is 13.3. The van der Waals surface area contributed by atoms with Crippen molar-refractivity contribution in [2.24, 2.45) is 0 Å². The van der Waals surface area contributed by atoms with Gasteiger partial charge < -0.3 is 9.30 Å². The van der Waals surface area contributed by atoms with E-state index in [0.29, 0.717) is 5.04 Å². The summed E-state index contributed by atoms with van der Waals surface area (Å²) in [5.41, 5.74) is 5.19. The SMILES string of the molecule is CC1=C(C)C2(CN(C(C)(C)C)[Si]2(C)CCCCCCOC(C)(C)C)c2ccsc21. The Labute approximate surface area is 184 Å². The molecule has 0 N–H and O–H groups in total. The highest BCUT2D eigenvalue weighted by Crippen LogP contribution is 2.62. The molecule has 1 saturated heterocycles. The number of thiophene rings is 1. The van der Waals surface area contributed by atoms with Crippen LogP contribution in [-0.2, 0) is 9.78 Å². The molecule has 3 rings (SSSR count). The third-order valence-corrected chi connectivity index (χ3v) is 14.5. The summed E-state index contributed by atoms with van der Waals surface area (Å²) in [7, 11) is -1.65. The van der Waals surface area contributed by atoms with Crippen LogP contribution in [0.15, 0.2) is 17.0 Å². The fourth-order valence-electron chi connectivity index (χ4n) is 5.88. The van der Waals surface area contributed by atoms with E-state index >= 15 is 0 Å². The Morgan fingerprint density at radius 1 is 1.07 bits per heavy atom. The molecule has 0 aromatic carbocycles. The van der Waals surface area contributed by atoms with Crippen LogP contribution < -0.4 is 0 Å². The largest absolute Gasteiger partial charge is 0.376 e. The minimum Gasteiger partial charge on any atom is -0.376 e. The average molecular weight is 434 g/mol. The van der Waals surface area contributed by atoms with E-state index in [1.165, 1.54) is 38.3 Å². The summed E-state index contributed by atoms with van der Waals surface area (Å²) in [6.07, 6.45) is 5.18. The van der Waals surface area contributed by atoms with Gasteiger partial charge in [0.05, 0.1) is 5.60 Å². The topological polar surface area (TPSA) is 12.5 Å². The molecule has 164 valence electrons. The Morgan fingerprint density at radius 3 is 2.34 bits per heavy atom. The monoisotopic (exact) mass is 433 g/mol. The van der Waals surface area contributed by atoms with Gasteiger partial charge in [0.15, 0.2) is 0 Å². The van der Waals surface area contributed by atoms with Gasteiger partial charge in [-0.05, 0) is 90.4 Å². The van der Waals surface area contributed by atoms with Crippen molar-refractivity contribution in [1.82, 2.24) is 4.57 Å². The van der Waals surface area contributed by atoms with Crippen molar-refractivity contribution in [3.63, 3.8) is 0 Å². The molecule has 2 aliphatic rings.